The lowest BCUT2D eigenvalue weighted by Crippen LogP contribution is -1.99. The van der Waals surface area contributed by atoms with Crippen LogP contribution in [0.4, 0.5) is 0 Å². The van der Waals surface area contributed by atoms with Gasteiger partial charge in [0.2, 0.25) is 0 Å². The van der Waals surface area contributed by atoms with Crippen molar-refractivity contribution in [2.75, 3.05) is 14.2 Å². The van der Waals surface area contributed by atoms with Crippen LogP contribution in [-0.4, -0.2) is 14.2 Å². The predicted molar refractivity (Wildman–Crippen MR) is 249 cm³/mol. The molecule has 0 fully saturated rings. The van der Waals surface area contributed by atoms with Gasteiger partial charge in [-0.2, -0.15) is 0 Å². The highest BCUT2D eigenvalue weighted by atomic mass is 16.5. The normalized spacial score (nSPS) is 12.0. The van der Waals surface area contributed by atoms with Gasteiger partial charge in [-0.1, -0.05) is 158 Å². The molecule has 7 aromatic rings. The molecule has 0 bridgehead atoms. The number of ether oxygens (including phenoxy) is 2. The van der Waals surface area contributed by atoms with Gasteiger partial charge in [-0.15, -0.1) is 0 Å². The Kier molecular flexibility index (Phi) is 12.5. The first-order valence-electron chi connectivity index (χ1n) is 19.8. The fraction of sp³-hybridized carbons (Fsp3) is 0.107. The molecule has 7 rings (SSSR count). The Bertz CT molecular complexity index is 2370. The van der Waals surface area contributed by atoms with Crippen LogP contribution in [0.5, 0.6) is 11.5 Å². The molecule has 0 aliphatic heterocycles. The second-order valence-electron chi connectivity index (χ2n) is 14.6. The summed E-state index contributed by atoms with van der Waals surface area (Å²) in [5.74, 6) is 1.70. The van der Waals surface area contributed by atoms with Crippen molar-refractivity contribution >= 4 is 47.6 Å². The molecule has 0 saturated carbocycles. The van der Waals surface area contributed by atoms with Crippen LogP contribution in [0.15, 0.2) is 158 Å². The standard InChI is InChI=1S/C56H50O2/c1-39-40(2)54(36-26-44-19-23-46(24-20-44)38-56(48-15-11-8-12-16-48)50-29-33-52(58-6)34-30-50)42(4)41(3)53(39)35-25-43-17-21-45(22-18-43)37-55(47-13-9-7-10-14-47)49-27-31-51(57-5)32-28-49/h7-38H,1-6H3/b35-25+,36-26+,55-37+,56-38+. The summed E-state index contributed by atoms with van der Waals surface area (Å²) in [6, 6.07) is 55.2. The Morgan fingerprint density at radius 2 is 0.621 bits per heavy atom. The maximum Gasteiger partial charge on any atom is 0.118 e. The van der Waals surface area contributed by atoms with Gasteiger partial charge in [0.15, 0.2) is 0 Å². The van der Waals surface area contributed by atoms with Crippen LogP contribution < -0.4 is 9.47 Å². The van der Waals surface area contributed by atoms with Crippen molar-refractivity contribution in [1.82, 2.24) is 0 Å². The van der Waals surface area contributed by atoms with E-state index in [0.29, 0.717) is 0 Å². The minimum Gasteiger partial charge on any atom is -0.497 e. The van der Waals surface area contributed by atoms with E-state index in [0.717, 1.165) is 33.8 Å². The topological polar surface area (TPSA) is 18.5 Å². The predicted octanol–water partition coefficient (Wildman–Crippen LogP) is 14.5. The molecule has 0 radical (unpaired) electrons. The van der Waals surface area contributed by atoms with Crippen molar-refractivity contribution in [3.8, 4) is 11.5 Å². The van der Waals surface area contributed by atoms with Crippen LogP contribution in [0.1, 0.15) is 77.9 Å². The van der Waals surface area contributed by atoms with E-state index >= 15 is 0 Å². The van der Waals surface area contributed by atoms with Crippen molar-refractivity contribution in [2.45, 2.75) is 27.7 Å². The largest absolute Gasteiger partial charge is 0.497 e. The molecule has 0 heterocycles. The minimum atomic E-state index is 0.851. The molecule has 0 spiro atoms. The van der Waals surface area contributed by atoms with Gasteiger partial charge in [0.05, 0.1) is 14.2 Å². The molecule has 58 heavy (non-hydrogen) atoms. The van der Waals surface area contributed by atoms with Crippen LogP contribution in [0.25, 0.3) is 47.6 Å². The van der Waals surface area contributed by atoms with Gasteiger partial charge in [-0.3, -0.25) is 0 Å². The van der Waals surface area contributed by atoms with Gasteiger partial charge < -0.3 is 9.47 Å². The Balaban J connectivity index is 1.09. The molecule has 7 aromatic carbocycles. The third kappa shape index (κ3) is 9.20. The van der Waals surface area contributed by atoms with Gasteiger partial charge in [0.1, 0.15) is 11.5 Å². The highest BCUT2D eigenvalue weighted by molar-refractivity contribution is 5.93. The van der Waals surface area contributed by atoms with E-state index in [4.69, 9.17) is 9.47 Å². The quantitative estimate of drug-likeness (QED) is 0.116. The molecule has 2 nitrogen and oxygen atoms in total. The van der Waals surface area contributed by atoms with E-state index in [1.54, 1.807) is 14.2 Å². The average Bonchev–Trinajstić information content (AvgIpc) is 3.28. The van der Waals surface area contributed by atoms with E-state index in [9.17, 15) is 0 Å². The summed E-state index contributed by atoms with van der Waals surface area (Å²) in [4.78, 5) is 0. The Hall–Kier alpha value is -6.90. The highest BCUT2D eigenvalue weighted by Gasteiger charge is 2.12. The van der Waals surface area contributed by atoms with E-state index in [1.807, 2.05) is 24.3 Å². The maximum absolute atomic E-state index is 5.41. The van der Waals surface area contributed by atoms with Gasteiger partial charge in [-0.25, -0.2) is 0 Å². The molecule has 2 heteroatoms. The third-order valence-electron chi connectivity index (χ3n) is 11.1. The first-order valence-corrected chi connectivity index (χ1v) is 19.8. The number of methoxy groups -OCH3 is 2. The number of benzene rings is 7. The maximum atomic E-state index is 5.41. The third-order valence-corrected chi connectivity index (χ3v) is 11.1. The molecule has 0 unspecified atom stereocenters. The Labute approximate surface area is 344 Å². The van der Waals surface area contributed by atoms with E-state index < -0.39 is 0 Å². The molecular weight excluding hydrogens is 705 g/mol. The van der Waals surface area contributed by atoms with Gasteiger partial charge in [0, 0.05) is 0 Å². The van der Waals surface area contributed by atoms with Crippen LogP contribution in [-0.2, 0) is 0 Å². The number of hydrogen-bond acceptors (Lipinski definition) is 2. The van der Waals surface area contributed by atoms with Crippen molar-refractivity contribution in [2.24, 2.45) is 0 Å². The lowest BCUT2D eigenvalue weighted by atomic mass is 9.88. The molecule has 0 amide bonds. The molecule has 0 saturated heterocycles. The lowest BCUT2D eigenvalue weighted by Gasteiger charge is -2.17. The molecule has 0 atom stereocenters. The molecule has 0 aliphatic rings. The van der Waals surface area contributed by atoms with E-state index in [2.05, 4.69) is 198 Å². The summed E-state index contributed by atoms with van der Waals surface area (Å²) in [6.45, 7) is 8.97. The SMILES string of the molecule is COc1ccc(/C(=C/c2ccc(/C=C/c3c(C)c(C)c(/C=C/c4ccc(/C=C(\c5ccccc5)c5ccc(OC)cc5)cc4)c(C)c3C)cc2)c2ccccc2)cc1. The lowest BCUT2D eigenvalue weighted by molar-refractivity contribution is 0.414. The Morgan fingerprint density at radius 1 is 0.328 bits per heavy atom. The van der Waals surface area contributed by atoms with Gasteiger partial charge in [0.25, 0.3) is 0 Å². The minimum absolute atomic E-state index is 0.851. The van der Waals surface area contributed by atoms with Crippen molar-refractivity contribution in [3.63, 3.8) is 0 Å². The molecular formula is C56H50O2. The van der Waals surface area contributed by atoms with Gasteiger partial charge >= 0.3 is 0 Å². The van der Waals surface area contributed by atoms with Crippen molar-refractivity contribution in [1.29, 1.82) is 0 Å². The highest BCUT2D eigenvalue weighted by Crippen LogP contribution is 2.32. The second-order valence-corrected chi connectivity index (χ2v) is 14.6. The van der Waals surface area contributed by atoms with Crippen LogP contribution in [0.3, 0.4) is 0 Å². The van der Waals surface area contributed by atoms with E-state index in [-0.39, 0.29) is 0 Å². The summed E-state index contributed by atoms with van der Waals surface area (Å²) in [6.07, 6.45) is 13.5. The zero-order valence-corrected chi connectivity index (χ0v) is 34.3. The van der Waals surface area contributed by atoms with Gasteiger partial charge in [-0.05, 0) is 153 Å². The molecule has 286 valence electrons. The number of rotatable bonds is 12. The smallest absolute Gasteiger partial charge is 0.118 e. The van der Waals surface area contributed by atoms with Crippen LogP contribution >= 0.6 is 0 Å². The molecule has 0 N–H and O–H groups in total. The summed E-state index contributed by atoms with van der Waals surface area (Å²) < 4.78 is 10.8. The summed E-state index contributed by atoms with van der Waals surface area (Å²) in [7, 11) is 3.40. The molecule has 0 aromatic heterocycles. The van der Waals surface area contributed by atoms with Crippen LogP contribution in [0.2, 0.25) is 0 Å². The molecule has 0 aliphatic carbocycles. The monoisotopic (exact) mass is 754 g/mol. The summed E-state index contributed by atoms with van der Waals surface area (Å²) in [5.41, 5.74) is 19.4. The fourth-order valence-electron chi connectivity index (χ4n) is 7.41. The summed E-state index contributed by atoms with van der Waals surface area (Å²) in [5, 5.41) is 0. The fourth-order valence-corrected chi connectivity index (χ4v) is 7.41. The summed E-state index contributed by atoms with van der Waals surface area (Å²) >= 11 is 0. The zero-order chi connectivity index (χ0) is 40.4. The Morgan fingerprint density at radius 3 is 0.931 bits per heavy atom. The van der Waals surface area contributed by atoms with E-state index in [1.165, 1.54) is 66.8 Å². The van der Waals surface area contributed by atoms with Crippen molar-refractivity contribution < 1.29 is 9.47 Å². The van der Waals surface area contributed by atoms with Crippen LogP contribution in [0, 0.1) is 27.7 Å². The zero-order valence-electron chi connectivity index (χ0n) is 34.3. The van der Waals surface area contributed by atoms with Crippen molar-refractivity contribution in [3.05, 3.63) is 236 Å². The average molecular weight is 755 g/mol. The first-order chi connectivity index (χ1) is 28.3. The second kappa shape index (κ2) is 18.4. The first kappa shape index (κ1) is 39.3. The number of hydrogen-bond donors (Lipinski definition) is 0.